The fourth-order valence-corrected chi connectivity index (χ4v) is 6.31. The van der Waals surface area contributed by atoms with Crippen molar-refractivity contribution in [2.24, 2.45) is 0 Å². The Balaban J connectivity index is 4.46. The van der Waals surface area contributed by atoms with E-state index >= 15 is 0 Å². The molecule has 0 aromatic heterocycles. The lowest BCUT2D eigenvalue weighted by atomic mass is 10.1. The average Bonchev–Trinajstić information content (AvgIpc) is 3.22. The quantitative estimate of drug-likeness (QED) is 0.0201. The SMILES string of the molecule is CC/C=C\C/C=C\C/C=C\CCCCCCC(=O)OC(COC(=O)CCCCC/C=C\C=C/CCCCCCCCC)COC(=O)CCCCCC/C=C\CCCC. The minimum absolute atomic E-state index is 0.1000. The molecule has 1 atom stereocenters. The number of hydrogen-bond donors (Lipinski definition) is 0. The van der Waals surface area contributed by atoms with Gasteiger partial charge in [-0.3, -0.25) is 14.4 Å². The minimum atomic E-state index is -0.800. The molecule has 0 rings (SSSR count). The molecule has 0 heterocycles. The zero-order valence-electron chi connectivity index (χ0n) is 37.8. The zero-order chi connectivity index (χ0) is 42.3. The molecule has 0 N–H and O–H groups in total. The molecule has 0 bridgehead atoms. The van der Waals surface area contributed by atoms with Crippen molar-refractivity contribution in [3.63, 3.8) is 0 Å². The third-order valence-electron chi connectivity index (χ3n) is 9.94. The van der Waals surface area contributed by atoms with Crippen molar-refractivity contribution in [3.05, 3.63) is 72.9 Å². The van der Waals surface area contributed by atoms with E-state index in [0.29, 0.717) is 19.3 Å². The standard InChI is InChI=1S/C52H88O6/c1-4-7-10-13-16-19-22-24-26-27-29-30-33-36-39-42-45-51(54)57-48-49(47-56-50(53)44-41-38-35-32-21-18-15-12-9-6-3)58-52(55)46-43-40-37-34-31-28-25-23-20-17-14-11-8-5-2/h8,11,15,17-18,20,25-30,49H,4-7,9-10,12-14,16,19,21-24,31-48H2,1-3H3/b11-8-,18-15-,20-17-,27-26-,28-25-,30-29-. The number of carbonyl (C=O) groups excluding carboxylic acids is 3. The van der Waals surface area contributed by atoms with Gasteiger partial charge in [0.1, 0.15) is 13.2 Å². The Bertz CT molecular complexity index is 1110. The summed E-state index contributed by atoms with van der Waals surface area (Å²) < 4.78 is 16.7. The molecular formula is C52H88O6. The maximum Gasteiger partial charge on any atom is 0.306 e. The topological polar surface area (TPSA) is 78.9 Å². The lowest BCUT2D eigenvalue weighted by molar-refractivity contribution is -0.167. The van der Waals surface area contributed by atoms with E-state index in [2.05, 4.69) is 93.7 Å². The summed E-state index contributed by atoms with van der Waals surface area (Å²) in [4.78, 5) is 37.8. The molecule has 0 fully saturated rings. The van der Waals surface area contributed by atoms with Crippen molar-refractivity contribution in [2.75, 3.05) is 13.2 Å². The van der Waals surface area contributed by atoms with Crippen LogP contribution in [0.1, 0.15) is 220 Å². The van der Waals surface area contributed by atoms with Crippen LogP contribution in [-0.2, 0) is 28.6 Å². The fourth-order valence-electron chi connectivity index (χ4n) is 6.31. The van der Waals surface area contributed by atoms with Crippen LogP contribution in [-0.4, -0.2) is 37.2 Å². The van der Waals surface area contributed by atoms with Gasteiger partial charge in [-0.15, -0.1) is 0 Å². The number of ether oxygens (including phenoxy) is 3. The van der Waals surface area contributed by atoms with Gasteiger partial charge in [0.15, 0.2) is 6.10 Å². The first-order valence-electron chi connectivity index (χ1n) is 24.0. The van der Waals surface area contributed by atoms with Crippen LogP contribution in [0.2, 0.25) is 0 Å². The van der Waals surface area contributed by atoms with Gasteiger partial charge in [0, 0.05) is 19.3 Å². The van der Waals surface area contributed by atoms with Gasteiger partial charge in [-0.05, 0) is 96.3 Å². The summed E-state index contributed by atoms with van der Waals surface area (Å²) in [6.07, 6.45) is 57.4. The largest absolute Gasteiger partial charge is 0.462 e. The highest BCUT2D eigenvalue weighted by molar-refractivity contribution is 5.71. The molecule has 0 spiro atoms. The van der Waals surface area contributed by atoms with Crippen molar-refractivity contribution in [1.29, 1.82) is 0 Å². The fraction of sp³-hybridized carbons (Fsp3) is 0.712. The van der Waals surface area contributed by atoms with Gasteiger partial charge in [0.05, 0.1) is 0 Å². The maximum atomic E-state index is 12.7. The smallest absolute Gasteiger partial charge is 0.306 e. The summed E-state index contributed by atoms with van der Waals surface area (Å²) in [6, 6.07) is 0. The molecule has 1 unspecified atom stereocenters. The van der Waals surface area contributed by atoms with Crippen LogP contribution in [0, 0.1) is 0 Å². The second-order valence-corrected chi connectivity index (χ2v) is 15.7. The van der Waals surface area contributed by atoms with Gasteiger partial charge in [-0.2, -0.15) is 0 Å². The molecule has 0 saturated heterocycles. The van der Waals surface area contributed by atoms with Crippen molar-refractivity contribution in [1.82, 2.24) is 0 Å². The molecule has 58 heavy (non-hydrogen) atoms. The van der Waals surface area contributed by atoms with E-state index in [0.717, 1.165) is 122 Å². The molecule has 0 aliphatic rings. The van der Waals surface area contributed by atoms with Gasteiger partial charge in [-0.1, -0.05) is 177 Å². The summed E-state index contributed by atoms with van der Waals surface area (Å²) in [5.41, 5.74) is 0. The molecule has 6 heteroatoms. The predicted molar refractivity (Wildman–Crippen MR) is 247 cm³/mol. The Morgan fingerprint density at radius 1 is 0.379 bits per heavy atom. The monoisotopic (exact) mass is 809 g/mol. The van der Waals surface area contributed by atoms with Crippen LogP contribution in [0.4, 0.5) is 0 Å². The van der Waals surface area contributed by atoms with Gasteiger partial charge in [0.2, 0.25) is 0 Å². The van der Waals surface area contributed by atoms with Crippen LogP contribution < -0.4 is 0 Å². The van der Waals surface area contributed by atoms with Gasteiger partial charge < -0.3 is 14.2 Å². The normalized spacial score (nSPS) is 12.7. The third-order valence-corrected chi connectivity index (χ3v) is 9.94. The molecule has 0 aliphatic heterocycles. The van der Waals surface area contributed by atoms with E-state index in [1.807, 2.05) is 0 Å². The van der Waals surface area contributed by atoms with Crippen molar-refractivity contribution in [2.45, 2.75) is 226 Å². The van der Waals surface area contributed by atoms with Crippen molar-refractivity contribution >= 4 is 17.9 Å². The number of hydrogen-bond acceptors (Lipinski definition) is 6. The maximum absolute atomic E-state index is 12.7. The van der Waals surface area contributed by atoms with Crippen molar-refractivity contribution in [3.8, 4) is 0 Å². The van der Waals surface area contributed by atoms with Gasteiger partial charge in [-0.25, -0.2) is 0 Å². The zero-order valence-corrected chi connectivity index (χ0v) is 37.8. The molecule has 0 aliphatic carbocycles. The molecular weight excluding hydrogens is 721 g/mol. The van der Waals surface area contributed by atoms with Crippen LogP contribution in [0.15, 0.2) is 72.9 Å². The Morgan fingerprint density at radius 3 is 1.24 bits per heavy atom. The van der Waals surface area contributed by atoms with E-state index in [4.69, 9.17) is 14.2 Å². The van der Waals surface area contributed by atoms with Crippen LogP contribution in [0.25, 0.3) is 0 Å². The predicted octanol–water partition coefficient (Wildman–Crippen LogP) is 15.5. The number of allylic oxidation sites excluding steroid dienone is 12. The van der Waals surface area contributed by atoms with Gasteiger partial charge >= 0.3 is 17.9 Å². The number of unbranched alkanes of at least 4 members (excludes halogenated alkanes) is 20. The first-order valence-corrected chi connectivity index (χ1v) is 24.0. The molecule has 0 amide bonds. The molecule has 0 radical (unpaired) electrons. The summed E-state index contributed by atoms with van der Waals surface area (Å²) in [5.74, 6) is -0.966. The number of rotatable bonds is 42. The second kappa shape index (κ2) is 46.5. The Hall–Kier alpha value is -3.15. The number of carbonyl (C=O) groups is 3. The Labute approximate surface area is 357 Å². The Kier molecular flexibility index (Phi) is 44.0. The minimum Gasteiger partial charge on any atom is -0.462 e. The van der Waals surface area contributed by atoms with E-state index in [-0.39, 0.29) is 31.1 Å². The van der Waals surface area contributed by atoms with Crippen molar-refractivity contribution < 1.29 is 28.6 Å². The molecule has 0 saturated carbocycles. The van der Waals surface area contributed by atoms with Crippen LogP contribution in [0.3, 0.4) is 0 Å². The van der Waals surface area contributed by atoms with Gasteiger partial charge in [0.25, 0.3) is 0 Å². The summed E-state index contributed by atoms with van der Waals surface area (Å²) in [5, 5.41) is 0. The van der Waals surface area contributed by atoms with E-state index < -0.39 is 6.10 Å². The summed E-state index contributed by atoms with van der Waals surface area (Å²) in [7, 11) is 0. The highest BCUT2D eigenvalue weighted by Gasteiger charge is 2.19. The third kappa shape index (κ3) is 44.0. The van der Waals surface area contributed by atoms with E-state index in [1.165, 1.54) is 57.8 Å². The highest BCUT2D eigenvalue weighted by Crippen LogP contribution is 2.12. The first-order chi connectivity index (χ1) is 28.5. The lowest BCUT2D eigenvalue weighted by Crippen LogP contribution is -2.30. The van der Waals surface area contributed by atoms with Crippen LogP contribution in [0.5, 0.6) is 0 Å². The lowest BCUT2D eigenvalue weighted by Gasteiger charge is -2.18. The van der Waals surface area contributed by atoms with E-state index in [9.17, 15) is 14.4 Å². The van der Waals surface area contributed by atoms with E-state index in [1.54, 1.807) is 0 Å². The summed E-state index contributed by atoms with van der Waals surface area (Å²) in [6.45, 7) is 6.41. The van der Waals surface area contributed by atoms with Crippen LogP contribution >= 0.6 is 0 Å². The molecule has 332 valence electrons. The summed E-state index contributed by atoms with van der Waals surface area (Å²) >= 11 is 0. The average molecular weight is 809 g/mol. The second-order valence-electron chi connectivity index (χ2n) is 15.7. The highest BCUT2D eigenvalue weighted by atomic mass is 16.6. The Morgan fingerprint density at radius 2 is 0.741 bits per heavy atom. The number of esters is 3. The molecule has 0 aromatic carbocycles. The first kappa shape index (κ1) is 54.9. The molecule has 0 aromatic rings. The molecule has 6 nitrogen and oxygen atoms in total.